The molecule has 0 fully saturated rings. The zero-order valence-corrected chi connectivity index (χ0v) is 12.3. The van der Waals surface area contributed by atoms with Crippen molar-refractivity contribution in [2.75, 3.05) is 13.7 Å². The fraction of sp³-hybridized carbons (Fsp3) is 0.625. The molecule has 0 saturated carbocycles. The molecule has 0 bridgehead atoms. The third kappa shape index (κ3) is 5.19. The summed E-state index contributed by atoms with van der Waals surface area (Å²) in [5.41, 5.74) is 0.754. The smallest absolute Gasteiger partial charge is 0.168 e. The zero-order valence-electron chi connectivity index (χ0n) is 12.3. The number of nitrogens with one attached hydrogen (secondary N) is 1. The van der Waals surface area contributed by atoms with E-state index in [2.05, 4.69) is 19.2 Å². The van der Waals surface area contributed by atoms with Gasteiger partial charge in [-0.25, -0.2) is 4.39 Å². The Bertz CT molecular complexity index is 368. The Morgan fingerprint density at radius 2 is 2.11 bits per heavy atom. The Hall–Kier alpha value is -1.09. The van der Waals surface area contributed by atoms with Gasteiger partial charge < -0.3 is 10.1 Å². The van der Waals surface area contributed by atoms with Gasteiger partial charge in [-0.2, -0.15) is 0 Å². The van der Waals surface area contributed by atoms with Crippen LogP contribution in [-0.2, 0) is 6.42 Å². The molecule has 1 aromatic rings. The highest BCUT2D eigenvalue weighted by atomic mass is 19.1. The number of hydrogen-bond acceptors (Lipinski definition) is 2. The second kappa shape index (κ2) is 8.92. The van der Waals surface area contributed by atoms with Crippen molar-refractivity contribution in [2.45, 2.75) is 52.0 Å². The zero-order chi connectivity index (χ0) is 14.1. The quantitative estimate of drug-likeness (QED) is 0.732. The molecule has 3 heteroatoms. The molecule has 108 valence electrons. The summed E-state index contributed by atoms with van der Waals surface area (Å²) in [5, 5.41) is 3.52. The number of aryl methyl sites for hydroxylation is 1. The van der Waals surface area contributed by atoms with Crippen LogP contribution in [0.1, 0.15) is 45.1 Å². The van der Waals surface area contributed by atoms with E-state index in [-0.39, 0.29) is 5.82 Å². The summed E-state index contributed by atoms with van der Waals surface area (Å²) in [6.45, 7) is 5.43. The number of hydrogen-bond donors (Lipinski definition) is 1. The third-order valence-corrected chi connectivity index (χ3v) is 3.44. The van der Waals surface area contributed by atoms with Crippen LogP contribution in [0.2, 0.25) is 0 Å². The van der Waals surface area contributed by atoms with Crippen LogP contribution in [0.4, 0.5) is 4.39 Å². The predicted octanol–water partition coefficient (Wildman–Crippen LogP) is 3.94. The van der Waals surface area contributed by atoms with Crippen LogP contribution in [0.15, 0.2) is 18.2 Å². The first-order chi connectivity index (χ1) is 9.22. The lowest BCUT2D eigenvalue weighted by Gasteiger charge is -2.16. The highest BCUT2D eigenvalue weighted by molar-refractivity contribution is 5.31. The molecule has 1 aromatic carbocycles. The van der Waals surface area contributed by atoms with Crippen molar-refractivity contribution in [1.29, 1.82) is 0 Å². The van der Waals surface area contributed by atoms with Gasteiger partial charge in [0.25, 0.3) is 0 Å². The van der Waals surface area contributed by atoms with Gasteiger partial charge in [-0.1, -0.05) is 26.0 Å². The summed E-state index contributed by atoms with van der Waals surface area (Å²) in [5.74, 6) is 0.133. The standard InChI is InChI=1S/C16H26FNO/c1-4-12-18-14(5-2)10-6-8-13-9-7-11-15(19-3)16(13)17/h7,9,11,14,18H,4-6,8,10,12H2,1-3H3. The largest absolute Gasteiger partial charge is 0.494 e. The van der Waals surface area contributed by atoms with Crippen LogP contribution < -0.4 is 10.1 Å². The van der Waals surface area contributed by atoms with Gasteiger partial charge in [0.1, 0.15) is 0 Å². The first-order valence-corrected chi connectivity index (χ1v) is 7.27. The summed E-state index contributed by atoms with van der Waals surface area (Å²) in [6.07, 6.45) is 5.14. The van der Waals surface area contributed by atoms with Gasteiger partial charge in [0.15, 0.2) is 11.6 Å². The van der Waals surface area contributed by atoms with E-state index in [9.17, 15) is 4.39 Å². The van der Waals surface area contributed by atoms with Gasteiger partial charge >= 0.3 is 0 Å². The van der Waals surface area contributed by atoms with Gasteiger partial charge in [0, 0.05) is 6.04 Å². The summed E-state index contributed by atoms with van der Waals surface area (Å²) in [6, 6.07) is 5.91. The fourth-order valence-corrected chi connectivity index (χ4v) is 2.24. The minimum Gasteiger partial charge on any atom is -0.494 e. The third-order valence-electron chi connectivity index (χ3n) is 3.44. The number of rotatable bonds is 9. The van der Waals surface area contributed by atoms with E-state index in [1.54, 1.807) is 6.07 Å². The van der Waals surface area contributed by atoms with Crippen LogP contribution in [0.5, 0.6) is 5.75 Å². The topological polar surface area (TPSA) is 21.3 Å². The molecule has 0 aromatic heterocycles. The van der Waals surface area contributed by atoms with E-state index >= 15 is 0 Å². The van der Waals surface area contributed by atoms with E-state index in [1.165, 1.54) is 7.11 Å². The van der Waals surface area contributed by atoms with Gasteiger partial charge in [0.2, 0.25) is 0 Å². The second-order valence-electron chi connectivity index (χ2n) is 4.88. The van der Waals surface area contributed by atoms with Crippen LogP contribution >= 0.6 is 0 Å². The van der Waals surface area contributed by atoms with Crippen molar-refractivity contribution in [3.05, 3.63) is 29.6 Å². The van der Waals surface area contributed by atoms with E-state index < -0.39 is 0 Å². The maximum atomic E-state index is 13.9. The fourth-order valence-electron chi connectivity index (χ4n) is 2.24. The molecule has 0 aliphatic rings. The van der Waals surface area contributed by atoms with E-state index in [1.807, 2.05) is 12.1 Å². The molecule has 0 saturated heterocycles. The molecular weight excluding hydrogens is 241 g/mol. The lowest BCUT2D eigenvalue weighted by atomic mass is 10.0. The molecule has 2 nitrogen and oxygen atoms in total. The molecule has 0 spiro atoms. The monoisotopic (exact) mass is 267 g/mol. The Kier molecular flexibility index (Phi) is 7.49. The summed E-state index contributed by atoms with van der Waals surface area (Å²) < 4.78 is 18.9. The SMILES string of the molecule is CCCNC(CC)CCCc1cccc(OC)c1F. The summed E-state index contributed by atoms with van der Waals surface area (Å²) >= 11 is 0. The summed E-state index contributed by atoms with van der Waals surface area (Å²) in [7, 11) is 1.50. The first kappa shape index (κ1) is 16.0. The molecule has 1 N–H and O–H groups in total. The number of halogens is 1. The van der Waals surface area contributed by atoms with Crippen LogP contribution in [0, 0.1) is 5.82 Å². The molecule has 0 aliphatic heterocycles. The van der Waals surface area contributed by atoms with Gasteiger partial charge in [-0.05, 0) is 50.3 Å². The summed E-state index contributed by atoms with van der Waals surface area (Å²) in [4.78, 5) is 0. The highest BCUT2D eigenvalue weighted by Gasteiger charge is 2.09. The van der Waals surface area contributed by atoms with Crippen molar-refractivity contribution in [3.8, 4) is 5.75 Å². The van der Waals surface area contributed by atoms with Gasteiger partial charge in [-0.15, -0.1) is 0 Å². The lowest BCUT2D eigenvalue weighted by Crippen LogP contribution is -2.29. The van der Waals surface area contributed by atoms with E-state index in [4.69, 9.17) is 4.74 Å². The minimum atomic E-state index is -0.209. The normalized spacial score (nSPS) is 12.4. The average Bonchev–Trinajstić information content (AvgIpc) is 2.44. The van der Waals surface area contributed by atoms with E-state index in [0.29, 0.717) is 11.8 Å². The van der Waals surface area contributed by atoms with Crippen LogP contribution in [-0.4, -0.2) is 19.7 Å². The molecular formula is C16H26FNO. The highest BCUT2D eigenvalue weighted by Crippen LogP contribution is 2.21. The predicted molar refractivity (Wildman–Crippen MR) is 78.3 cm³/mol. The van der Waals surface area contributed by atoms with Crippen molar-refractivity contribution in [3.63, 3.8) is 0 Å². The molecule has 19 heavy (non-hydrogen) atoms. The van der Waals surface area contributed by atoms with E-state index in [0.717, 1.165) is 44.2 Å². The second-order valence-corrected chi connectivity index (χ2v) is 4.88. The lowest BCUT2D eigenvalue weighted by molar-refractivity contribution is 0.383. The maximum Gasteiger partial charge on any atom is 0.168 e. The van der Waals surface area contributed by atoms with Crippen molar-refractivity contribution in [1.82, 2.24) is 5.32 Å². The van der Waals surface area contributed by atoms with Crippen molar-refractivity contribution in [2.24, 2.45) is 0 Å². The molecule has 1 unspecified atom stereocenters. The molecule has 0 aliphatic carbocycles. The Labute approximate surface area is 116 Å². The Morgan fingerprint density at radius 1 is 1.32 bits per heavy atom. The molecule has 1 rings (SSSR count). The van der Waals surface area contributed by atoms with Crippen LogP contribution in [0.3, 0.4) is 0 Å². The van der Waals surface area contributed by atoms with Gasteiger partial charge in [-0.3, -0.25) is 0 Å². The van der Waals surface area contributed by atoms with Crippen molar-refractivity contribution >= 4 is 0 Å². The molecule has 0 amide bonds. The average molecular weight is 267 g/mol. The van der Waals surface area contributed by atoms with Gasteiger partial charge in [0.05, 0.1) is 7.11 Å². The molecule has 0 heterocycles. The Morgan fingerprint density at radius 3 is 2.74 bits per heavy atom. The number of benzene rings is 1. The van der Waals surface area contributed by atoms with Crippen LogP contribution in [0.25, 0.3) is 0 Å². The molecule has 1 atom stereocenters. The minimum absolute atomic E-state index is 0.209. The first-order valence-electron chi connectivity index (χ1n) is 7.27. The number of methoxy groups -OCH3 is 1. The molecule has 0 radical (unpaired) electrons. The Balaban J connectivity index is 2.44. The van der Waals surface area contributed by atoms with Crippen molar-refractivity contribution < 1.29 is 9.13 Å². The number of ether oxygens (including phenoxy) is 1. The maximum absolute atomic E-state index is 13.9.